The number of ether oxygens (including phenoxy) is 1. The topological polar surface area (TPSA) is 77.3 Å². The first-order chi connectivity index (χ1) is 10.7. The number of hydrogen-bond donors (Lipinski definition) is 1. The van der Waals surface area contributed by atoms with E-state index in [1.807, 2.05) is 24.4 Å². The zero-order valence-electron chi connectivity index (χ0n) is 12.4. The van der Waals surface area contributed by atoms with Crippen molar-refractivity contribution in [3.05, 3.63) is 23.4 Å². The van der Waals surface area contributed by atoms with Gasteiger partial charge in [-0.05, 0) is 31.2 Å². The molecule has 0 aromatic carbocycles. The third kappa shape index (κ3) is 3.72. The molecular weight excluding hydrogens is 302 g/mol. The highest BCUT2D eigenvalue weighted by Gasteiger charge is 2.23. The summed E-state index contributed by atoms with van der Waals surface area (Å²) in [5.41, 5.74) is 0. The van der Waals surface area contributed by atoms with Gasteiger partial charge in [-0.3, -0.25) is 4.79 Å². The van der Waals surface area contributed by atoms with E-state index in [1.165, 1.54) is 0 Å². The molecule has 2 atom stereocenters. The number of carbonyl (C=O) groups excluding carboxylic acids is 1. The van der Waals surface area contributed by atoms with E-state index < -0.39 is 0 Å². The Labute approximate surface area is 132 Å². The molecule has 0 bridgehead atoms. The quantitative estimate of drug-likeness (QED) is 0.884. The Kier molecular flexibility index (Phi) is 4.84. The van der Waals surface area contributed by atoms with Crippen LogP contribution in [-0.4, -0.2) is 34.8 Å². The van der Waals surface area contributed by atoms with E-state index in [2.05, 4.69) is 15.5 Å². The Morgan fingerprint density at radius 1 is 1.59 bits per heavy atom. The van der Waals surface area contributed by atoms with Gasteiger partial charge in [-0.15, -0.1) is 11.3 Å². The Balaban J connectivity index is 1.46. The number of nitrogens with zero attached hydrogens (tertiary/aromatic N) is 2. The van der Waals surface area contributed by atoms with Crippen molar-refractivity contribution >= 4 is 17.2 Å². The van der Waals surface area contributed by atoms with E-state index in [0.29, 0.717) is 24.6 Å². The molecule has 1 aliphatic heterocycles. The number of aryl methyl sites for hydroxylation is 1. The van der Waals surface area contributed by atoms with Crippen LogP contribution in [0, 0.1) is 0 Å². The van der Waals surface area contributed by atoms with Gasteiger partial charge in [0.2, 0.25) is 17.6 Å². The summed E-state index contributed by atoms with van der Waals surface area (Å²) in [5.74, 6) is 1.06. The lowest BCUT2D eigenvalue weighted by Gasteiger charge is -2.19. The number of nitrogens with one attached hydrogen (secondary N) is 1. The molecule has 2 aromatic rings. The first kappa shape index (κ1) is 15.2. The molecule has 1 aliphatic rings. The molecule has 2 aromatic heterocycles. The van der Waals surface area contributed by atoms with Gasteiger partial charge in [0.25, 0.3) is 0 Å². The molecule has 3 heterocycles. The fraction of sp³-hybridized carbons (Fsp3) is 0.533. The van der Waals surface area contributed by atoms with Crippen LogP contribution in [0.1, 0.15) is 32.1 Å². The first-order valence-corrected chi connectivity index (χ1v) is 8.38. The van der Waals surface area contributed by atoms with Crippen molar-refractivity contribution in [1.82, 2.24) is 15.5 Å². The number of aromatic nitrogens is 2. The Bertz CT molecular complexity index is 605. The molecule has 6 nitrogen and oxygen atoms in total. The molecule has 0 spiro atoms. The zero-order valence-corrected chi connectivity index (χ0v) is 13.3. The van der Waals surface area contributed by atoms with Crippen molar-refractivity contribution in [2.24, 2.45) is 0 Å². The van der Waals surface area contributed by atoms with E-state index in [4.69, 9.17) is 9.26 Å². The summed E-state index contributed by atoms with van der Waals surface area (Å²) in [4.78, 5) is 17.2. The van der Waals surface area contributed by atoms with Crippen LogP contribution in [0.4, 0.5) is 0 Å². The van der Waals surface area contributed by atoms with Gasteiger partial charge in [0.1, 0.15) is 0 Å². The maximum absolute atomic E-state index is 12.0. The normalized spacial score (nSPS) is 19.2. The summed E-state index contributed by atoms with van der Waals surface area (Å²) < 4.78 is 10.8. The van der Waals surface area contributed by atoms with Crippen LogP contribution in [-0.2, 0) is 16.0 Å². The van der Waals surface area contributed by atoms with Gasteiger partial charge in [0, 0.05) is 19.4 Å². The summed E-state index contributed by atoms with van der Waals surface area (Å²) in [7, 11) is 0. The lowest BCUT2D eigenvalue weighted by Crippen LogP contribution is -2.40. The fourth-order valence-electron chi connectivity index (χ4n) is 2.50. The van der Waals surface area contributed by atoms with E-state index in [1.54, 1.807) is 11.3 Å². The van der Waals surface area contributed by atoms with Crippen LogP contribution in [0.25, 0.3) is 10.7 Å². The molecule has 7 heteroatoms. The van der Waals surface area contributed by atoms with Crippen molar-refractivity contribution in [3.63, 3.8) is 0 Å². The Morgan fingerprint density at radius 2 is 2.50 bits per heavy atom. The highest BCUT2D eigenvalue weighted by molar-refractivity contribution is 7.13. The average molecular weight is 321 g/mol. The molecule has 22 heavy (non-hydrogen) atoms. The smallest absolute Gasteiger partial charge is 0.227 e. The minimum Gasteiger partial charge on any atom is -0.376 e. The maximum atomic E-state index is 12.0. The predicted octanol–water partition coefficient (Wildman–Crippen LogP) is 2.41. The van der Waals surface area contributed by atoms with Crippen LogP contribution >= 0.6 is 11.3 Å². The third-order valence-electron chi connectivity index (χ3n) is 3.69. The van der Waals surface area contributed by atoms with Gasteiger partial charge >= 0.3 is 0 Å². The van der Waals surface area contributed by atoms with Crippen molar-refractivity contribution < 1.29 is 14.1 Å². The van der Waals surface area contributed by atoms with Gasteiger partial charge in [-0.2, -0.15) is 4.98 Å². The van der Waals surface area contributed by atoms with Gasteiger partial charge in [0.05, 0.1) is 17.0 Å². The van der Waals surface area contributed by atoms with Crippen molar-refractivity contribution in [2.75, 3.05) is 6.61 Å². The number of thiophene rings is 1. The van der Waals surface area contributed by atoms with Gasteiger partial charge in [-0.25, -0.2) is 0 Å². The van der Waals surface area contributed by atoms with Crippen LogP contribution in [0.2, 0.25) is 0 Å². The molecule has 1 amide bonds. The SMILES string of the molecule is C[C@H](NC(=O)CCc1nc(-c2cccs2)no1)[C@@H]1CCCO1. The van der Waals surface area contributed by atoms with Crippen LogP contribution < -0.4 is 5.32 Å². The minimum atomic E-state index is -0.0149. The molecule has 1 fully saturated rings. The molecule has 118 valence electrons. The molecular formula is C15H19N3O3S. The number of amides is 1. The monoisotopic (exact) mass is 321 g/mol. The maximum Gasteiger partial charge on any atom is 0.227 e. The summed E-state index contributed by atoms with van der Waals surface area (Å²) in [6.07, 6.45) is 3.00. The number of carbonyl (C=O) groups is 1. The standard InChI is InChI=1S/C15H19N3O3S/c1-10(11-4-2-8-20-11)16-13(19)6-7-14-17-15(18-21-14)12-5-3-9-22-12/h3,5,9-11H,2,4,6-8H2,1H3,(H,16,19)/t10-,11-/m0/s1. The molecule has 1 saturated heterocycles. The van der Waals surface area contributed by atoms with Crippen molar-refractivity contribution in [3.8, 4) is 10.7 Å². The number of hydrogen-bond acceptors (Lipinski definition) is 6. The van der Waals surface area contributed by atoms with E-state index in [-0.39, 0.29) is 18.1 Å². The lowest BCUT2D eigenvalue weighted by atomic mass is 10.1. The van der Waals surface area contributed by atoms with Gasteiger partial charge in [0.15, 0.2) is 0 Å². The number of rotatable bonds is 6. The summed E-state index contributed by atoms with van der Waals surface area (Å²) in [6, 6.07) is 3.92. The highest BCUT2D eigenvalue weighted by atomic mass is 32.1. The van der Waals surface area contributed by atoms with Crippen LogP contribution in [0.15, 0.2) is 22.0 Å². The highest BCUT2D eigenvalue weighted by Crippen LogP contribution is 2.21. The second-order valence-electron chi connectivity index (χ2n) is 5.40. The summed E-state index contributed by atoms with van der Waals surface area (Å²) in [6.45, 7) is 2.77. The lowest BCUT2D eigenvalue weighted by molar-refractivity contribution is -0.122. The first-order valence-electron chi connectivity index (χ1n) is 7.50. The van der Waals surface area contributed by atoms with E-state index in [0.717, 1.165) is 24.3 Å². The average Bonchev–Trinajstić information content (AvgIpc) is 3.25. The molecule has 0 saturated carbocycles. The Hall–Kier alpha value is -1.73. The van der Waals surface area contributed by atoms with Gasteiger partial charge < -0.3 is 14.6 Å². The van der Waals surface area contributed by atoms with E-state index >= 15 is 0 Å². The van der Waals surface area contributed by atoms with Crippen LogP contribution in [0.3, 0.4) is 0 Å². The summed E-state index contributed by atoms with van der Waals surface area (Å²) >= 11 is 1.56. The molecule has 0 aliphatic carbocycles. The molecule has 0 unspecified atom stereocenters. The third-order valence-corrected chi connectivity index (χ3v) is 4.55. The zero-order chi connectivity index (χ0) is 15.4. The second-order valence-corrected chi connectivity index (χ2v) is 6.34. The van der Waals surface area contributed by atoms with Crippen molar-refractivity contribution in [1.29, 1.82) is 0 Å². The second kappa shape index (κ2) is 7.02. The van der Waals surface area contributed by atoms with Crippen LogP contribution in [0.5, 0.6) is 0 Å². The summed E-state index contributed by atoms with van der Waals surface area (Å²) in [5, 5.41) is 8.87. The Morgan fingerprint density at radius 3 is 3.23 bits per heavy atom. The largest absolute Gasteiger partial charge is 0.376 e. The van der Waals surface area contributed by atoms with Crippen molar-refractivity contribution in [2.45, 2.75) is 44.8 Å². The minimum absolute atomic E-state index is 0.0149. The molecule has 3 rings (SSSR count). The molecule has 1 N–H and O–H groups in total. The molecule has 0 radical (unpaired) electrons. The van der Waals surface area contributed by atoms with E-state index in [9.17, 15) is 4.79 Å². The fourth-order valence-corrected chi connectivity index (χ4v) is 3.15. The predicted molar refractivity (Wildman–Crippen MR) is 82.5 cm³/mol. The van der Waals surface area contributed by atoms with Gasteiger partial charge in [-0.1, -0.05) is 11.2 Å².